The quantitative estimate of drug-likeness (QED) is 0.298. The van der Waals surface area contributed by atoms with E-state index in [2.05, 4.69) is 20.9 Å². The highest BCUT2D eigenvalue weighted by atomic mass is 127. The molecule has 0 aromatic heterocycles. The third-order valence-corrected chi connectivity index (χ3v) is 4.54. The minimum Gasteiger partial charge on any atom is -0.376 e. The van der Waals surface area contributed by atoms with Gasteiger partial charge in [-0.3, -0.25) is 4.79 Å². The van der Waals surface area contributed by atoms with E-state index in [4.69, 9.17) is 4.74 Å². The summed E-state index contributed by atoms with van der Waals surface area (Å²) in [5, 5.41) is 9.58. The number of amides is 1. The van der Waals surface area contributed by atoms with Gasteiger partial charge in [0, 0.05) is 31.3 Å². The van der Waals surface area contributed by atoms with Crippen LogP contribution in [0.1, 0.15) is 45.6 Å². The number of hydrogen-bond acceptors (Lipinski definition) is 3. The first-order valence-electron chi connectivity index (χ1n) is 9.66. The molecule has 1 fully saturated rings. The summed E-state index contributed by atoms with van der Waals surface area (Å²) in [5.74, 6) is 0.857. The number of carbonyl (C=O) groups is 1. The number of hydrogen-bond donors (Lipinski definition) is 3. The van der Waals surface area contributed by atoms with Crippen LogP contribution in [0.4, 0.5) is 5.69 Å². The molecule has 1 aromatic rings. The Balaban J connectivity index is 0.00000364. The number of carbonyl (C=O) groups excluding carboxylic acids is 1. The molecule has 152 valence electrons. The number of nitrogens with one attached hydrogen (secondary N) is 3. The Hall–Kier alpha value is -1.35. The fourth-order valence-electron chi connectivity index (χ4n) is 2.73. The zero-order chi connectivity index (χ0) is 18.8. The van der Waals surface area contributed by atoms with Crippen LogP contribution in [0.15, 0.2) is 29.3 Å². The molecule has 1 saturated heterocycles. The monoisotopic (exact) mass is 488 g/mol. The van der Waals surface area contributed by atoms with E-state index in [1.807, 2.05) is 45.0 Å². The summed E-state index contributed by atoms with van der Waals surface area (Å²) in [6.07, 6.45) is 3.34. The molecule has 0 saturated carbocycles. The van der Waals surface area contributed by atoms with E-state index in [1.54, 1.807) is 0 Å². The van der Waals surface area contributed by atoms with Gasteiger partial charge < -0.3 is 20.7 Å². The van der Waals surface area contributed by atoms with Gasteiger partial charge in [0.25, 0.3) is 0 Å². The van der Waals surface area contributed by atoms with Crippen LogP contribution in [0.5, 0.6) is 0 Å². The Morgan fingerprint density at radius 1 is 1.33 bits per heavy atom. The molecular formula is C20H33IN4O2. The molecule has 7 heteroatoms. The number of nitrogens with zero attached hydrogens (tertiary/aromatic N) is 1. The molecule has 0 radical (unpaired) electrons. The highest BCUT2D eigenvalue weighted by molar-refractivity contribution is 14.0. The van der Waals surface area contributed by atoms with E-state index in [-0.39, 0.29) is 41.9 Å². The van der Waals surface area contributed by atoms with Crippen molar-refractivity contribution in [1.82, 2.24) is 10.6 Å². The van der Waals surface area contributed by atoms with E-state index < -0.39 is 0 Å². The summed E-state index contributed by atoms with van der Waals surface area (Å²) in [6, 6.07) is 7.86. The van der Waals surface area contributed by atoms with Crippen molar-refractivity contribution in [3.05, 3.63) is 29.8 Å². The van der Waals surface area contributed by atoms with Crippen LogP contribution in [-0.4, -0.2) is 37.7 Å². The van der Waals surface area contributed by atoms with Crippen molar-refractivity contribution in [3.63, 3.8) is 0 Å². The molecule has 2 atom stereocenters. The van der Waals surface area contributed by atoms with Crippen molar-refractivity contribution in [1.29, 1.82) is 0 Å². The lowest BCUT2D eigenvalue weighted by Crippen LogP contribution is -2.41. The number of halogens is 1. The van der Waals surface area contributed by atoms with Crippen molar-refractivity contribution in [2.24, 2.45) is 10.9 Å². The molecule has 1 aromatic carbocycles. The maximum Gasteiger partial charge on any atom is 0.227 e. The topological polar surface area (TPSA) is 74.8 Å². The van der Waals surface area contributed by atoms with E-state index >= 15 is 0 Å². The third kappa shape index (κ3) is 8.47. The first-order valence-corrected chi connectivity index (χ1v) is 9.66. The first-order chi connectivity index (χ1) is 12.6. The third-order valence-electron chi connectivity index (χ3n) is 4.54. The van der Waals surface area contributed by atoms with E-state index in [0.29, 0.717) is 6.54 Å². The van der Waals surface area contributed by atoms with Crippen LogP contribution < -0.4 is 16.0 Å². The second-order valence-corrected chi connectivity index (χ2v) is 6.71. The van der Waals surface area contributed by atoms with Crippen molar-refractivity contribution in [3.8, 4) is 0 Å². The number of ether oxygens (including phenoxy) is 1. The maximum absolute atomic E-state index is 12.0. The molecule has 0 spiro atoms. The van der Waals surface area contributed by atoms with E-state index in [9.17, 15) is 4.79 Å². The first kappa shape index (κ1) is 23.7. The second-order valence-electron chi connectivity index (χ2n) is 6.71. The molecule has 1 aliphatic rings. The van der Waals surface area contributed by atoms with Crippen LogP contribution in [0, 0.1) is 5.92 Å². The average molecular weight is 488 g/mol. The highest BCUT2D eigenvalue weighted by Gasteiger charge is 2.15. The predicted octanol–water partition coefficient (Wildman–Crippen LogP) is 3.52. The number of aliphatic imine (C=N–C) groups is 1. The Bertz CT molecular complexity index is 603. The van der Waals surface area contributed by atoms with Gasteiger partial charge >= 0.3 is 0 Å². The van der Waals surface area contributed by atoms with Crippen LogP contribution in [-0.2, 0) is 16.1 Å². The Kier molecular flexibility index (Phi) is 11.3. The van der Waals surface area contributed by atoms with Crippen LogP contribution >= 0.6 is 24.0 Å². The van der Waals surface area contributed by atoms with Gasteiger partial charge in [0.05, 0.1) is 12.6 Å². The summed E-state index contributed by atoms with van der Waals surface area (Å²) >= 11 is 0. The summed E-state index contributed by atoms with van der Waals surface area (Å²) in [7, 11) is 0. The molecule has 3 N–H and O–H groups in total. The molecule has 6 nitrogen and oxygen atoms in total. The largest absolute Gasteiger partial charge is 0.376 e. The second kappa shape index (κ2) is 12.9. The smallest absolute Gasteiger partial charge is 0.227 e. The predicted molar refractivity (Wildman–Crippen MR) is 122 cm³/mol. The SMILES string of the molecule is CCNC(=NCc1cccc(NC(=O)C(C)CC)c1)NCC1CCCO1.I. The fourth-order valence-corrected chi connectivity index (χ4v) is 2.73. The lowest BCUT2D eigenvalue weighted by molar-refractivity contribution is -0.119. The molecule has 1 amide bonds. The van der Waals surface area contributed by atoms with Crippen LogP contribution in [0.3, 0.4) is 0 Å². The Morgan fingerprint density at radius 3 is 2.81 bits per heavy atom. The van der Waals surface area contributed by atoms with Crippen LogP contribution in [0.2, 0.25) is 0 Å². The average Bonchev–Trinajstić information content (AvgIpc) is 3.17. The van der Waals surface area contributed by atoms with Gasteiger partial charge in [-0.2, -0.15) is 0 Å². The Morgan fingerprint density at radius 2 is 2.15 bits per heavy atom. The molecule has 2 unspecified atom stereocenters. The minimum atomic E-state index is 0. The lowest BCUT2D eigenvalue weighted by atomic mass is 10.1. The minimum absolute atomic E-state index is 0. The normalized spacial score (nSPS) is 17.7. The van der Waals surface area contributed by atoms with Gasteiger partial charge in [-0.05, 0) is 43.9 Å². The molecule has 27 heavy (non-hydrogen) atoms. The summed E-state index contributed by atoms with van der Waals surface area (Å²) in [4.78, 5) is 16.7. The molecule has 2 rings (SSSR count). The highest BCUT2D eigenvalue weighted by Crippen LogP contribution is 2.14. The van der Waals surface area contributed by atoms with E-state index in [1.165, 1.54) is 0 Å². The molecular weight excluding hydrogens is 455 g/mol. The molecule has 1 aliphatic heterocycles. The number of guanidine groups is 1. The fraction of sp³-hybridized carbons (Fsp3) is 0.600. The van der Waals surface area contributed by atoms with Crippen molar-refractivity contribution in [2.45, 2.75) is 52.7 Å². The lowest BCUT2D eigenvalue weighted by Gasteiger charge is -2.15. The standard InChI is InChI=1S/C20H32N4O2.HI/c1-4-15(3)19(25)24-17-9-6-8-16(12-17)13-22-20(21-5-2)23-14-18-10-7-11-26-18;/h6,8-9,12,15,18H,4-5,7,10-11,13-14H2,1-3H3,(H,24,25)(H2,21,22,23);1H. The maximum atomic E-state index is 12.0. The summed E-state index contributed by atoms with van der Waals surface area (Å²) < 4.78 is 5.64. The molecule has 1 heterocycles. The van der Waals surface area contributed by atoms with E-state index in [0.717, 1.165) is 56.2 Å². The summed E-state index contributed by atoms with van der Waals surface area (Å²) in [6.45, 7) is 8.99. The van der Waals surface area contributed by atoms with Crippen LogP contribution in [0.25, 0.3) is 0 Å². The molecule has 0 bridgehead atoms. The van der Waals surface area contributed by atoms with Gasteiger partial charge in [-0.25, -0.2) is 4.99 Å². The van der Waals surface area contributed by atoms with Gasteiger partial charge in [0.2, 0.25) is 5.91 Å². The number of anilines is 1. The van der Waals surface area contributed by atoms with Crippen molar-refractivity contribution >= 4 is 41.5 Å². The van der Waals surface area contributed by atoms with Gasteiger partial charge in [-0.1, -0.05) is 26.0 Å². The van der Waals surface area contributed by atoms with Crippen molar-refractivity contribution < 1.29 is 9.53 Å². The van der Waals surface area contributed by atoms with Gasteiger partial charge in [0.1, 0.15) is 0 Å². The zero-order valence-corrected chi connectivity index (χ0v) is 18.9. The van der Waals surface area contributed by atoms with Gasteiger partial charge in [-0.15, -0.1) is 24.0 Å². The zero-order valence-electron chi connectivity index (χ0n) is 16.6. The number of benzene rings is 1. The van der Waals surface area contributed by atoms with Gasteiger partial charge in [0.15, 0.2) is 5.96 Å². The summed E-state index contributed by atoms with van der Waals surface area (Å²) in [5.41, 5.74) is 1.88. The molecule has 0 aliphatic carbocycles. The Labute approximate surface area is 179 Å². The van der Waals surface area contributed by atoms with Crippen molar-refractivity contribution in [2.75, 3.05) is 25.0 Å². The number of rotatable bonds is 8.